The van der Waals surface area contributed by atoms with Crippen molar-refractivity contribution in [2.24, 2.45) is 0 Å². The van der Waals surface area contributed by atoms with E-state index in [0.29, 0.717) is 11.3 Å². The van der Waals surface area contributed by atoms with E-state index in [1.165, 1.54) is 0 Å². The smallest absolute Gasteiger partial charge is 0.147 e. The van der Waals surface area contributed by atoms with Gasteiger partial charge in [0.15, 0.2) is 0 Å². The van der Waals surface area contributed by atoms with Crippen molar-refractivity contribution in [1.82, 2.24) is 9.97 Å². The number of benzene rings is 1. The molecule has 90 valence electrons. The van der Waals surface area contributed by atoms with Gasteiger partial charge in [-0.05, 0) is 12.1 Å². The minimum absolute atomic E-state index is 0.209. The lowest BCUT2D eigenvalue weighted by Gasteiger charge is -2.03. The van der Waals surface area contributed by atoms with Gasteiger partial charge in [0.2, 0.25) is 0 Å². The summed E-state index contributed by atoms with van der Waals surface area (Å²) in [4.78, 5) is 7.44. The van der Waals surface area contributed by atoms with Crippen LogP contribution in [0.15, 0.2) is 31.0 Å². The monoisotopic (exact) mass is 240 g/mol. The Labute approximate surface area is 104 Å². The first-order chi connectivity index (χ1) is 8.76. The van der Waals surface area contributed by atoms with Crippen LogP contribution in [0.25, 0.3) is 27.9 Å². The van der Waals surface area contributed by atoms with Gasteiger partial charge in [-0.15, -0.1) is 0 Å². The number of nitrogens with zero attached hydrogens (tertiary/aromatic N) is 1. The standard InChI is InChI=1S/C14H12N2O2/c1-3-9-14-12(11(18-2)7-15-9)8-5-4-6-10(17)13(8)16-14/h3-7,16-17H,1H2,2H3. The molecule has 4 nitrogen and oxygen atoms in total. The Morgan fingerprint density at radius 3 is 2.94 bits per heavy atom. The zero-order valence-electron chi connectivity index (χ0n) is 9.90. The molecule has 0 saturated carbocycles. The molecule has 0 aliphatic heterocycles. The van der Waals surface area contributed by atoms with E-state index in [-0.39, 0.29) is 5.75 Å². The van der Waals surface area contributed by atoms with Crippen LogP contribution in [-0.4, -0.2) is 22.2 Å². The van der Waals surface area contributed by atoms with Gasteiger partial charge in [0.05, 0.1) is 35.4 Å². The van der Waals surface area contributed by atoms with Crippen molar-refractivity contribution >= 4 is 27.9 Å². The molecule has 0 amide bonds. The van der Waals surface area contributed by atoms with Crippen LogP contribution in [0, 0.1) is 0 Å². The van der Waals surface area contributed by atoms with Gasteiger partial charge in [-0.25, -0.2) is 0 Å². The normalized spacial score (nSPS) is 10.9. The third-order valence-corrected chi connectivity index (χ3v) is 3.05. The number of aromatic nitrogens is 2. The van der Waals surface area contributed by atoms with Crippen LogP contribution >= 0.6 is 0 Å². The highest BCUT2D eigenvalue weighted by molar-refractivity contribution is 6.13. The molecular formula is C14H12N2O2. The van der Waals surface area contributed by atoms with Crippen LogP contribution in [0.1, 0.15) is 5.69 Å². The summed E-state index contributed by atoms with van der Waals surface area (Å²) in [5, 5.41) is 11.7. The fourth-order valence-corrected chi connectivity index (χ4v) is 2.22. The summed E-state index contributed by atoms with van der Waals surface area (Å²) in [7, 11) is 1.60. The van der Waals surface area contributed by atoms with Crippen LogP contribution in [-0.2, 0) is 0 Å². The Hall–Kier alpha value is -2.49. The fourth-order valence-electron chi connectivity index (χ4n) is 2.22. The lowest BCUT2D eigenvalue weighted by molar-refractivity contribution is 0.418. The number of H-pyrrole nitrogens is 1. The summed E-state index contributed by atoms with van der Waals surface area (Å²) < 4.78 is 5.33. The average Bonchev–Trinajstić information content (AvgIpc) is 2.79. The third kappa shape index (κ3) is 1.29. The van der Waals surface area contributed by atoms with E-state index in [9.17, 15) is 5.11 Å². The third-order valence-electron chi connectivity index (χ3n) is 3.05. The quantitative estimate of drug-likeness (QED) is 0.723. The van der Waals surface area contributed by atoms with Crippen LogP contribution < -0.4 is 4.74 Å². The van der Waals surface area contributed by atoms with Crippen molar-refractivity contribution in [2.75, 3.05) is 7.11 Å². The number of aromatic amines is 1. The molecule has 0 radical (unpaired) electrons. The second-order valence-corrected chi connectivity index (χ2v) is 3.99. The van der Waals surface area contributed by atoms with Crippen molar-refractivity contribution in [2.45, 2.75) is 0 Å². The molecule has 2 N–H and O–H groups in total. The highest BCUT2D eigenvalue weighted by Crippen LogP contribution is 2.37. The van der Waals surface area contributed by atoms with Crippen molar-refractivity contribution in [3.8, 4) is 11.5 Å². The Bertz CT molecular complexity index is 759. The molecule has 0 atom stereocenters. The number of hydrogen-bond acceptors (Lipinski definition) is 3. The summed E-state index contributed by atoms with van der Waals surface area (Å²) in [6.07, 6.45) is 3.34. The lowest BCUT2D eigenvalue weighted by atomic mass is 10.1. The minimum atomic E-state index is 0.209. The van der Waals surface area contributed by atoms with E-state index in [2.05, 4.69) is 16.5 Å². The van der Waals surface area contributed by atoms with Crippen molar-refractivity contribution in [3.63, 3.8) is 0 Å². The predicted molar refractivity (Wildman–Crippen MR) is 71.9 cm³/mol. The Balaban J connectivity index is 2.59. The molecule has 3 aromatic rings. The number of rotatable bonds is 2. The predicted octanol–water partition coefficient (Wildman–Crippen LogP) is 3.07. The molecular weight excluding hydrogens is 228 g/mol. The van der Waals surface area contributed by atoms with Gasteiger partial charge in [-0.3, -0.25) is 4.98 Å². The number of nitrogens with one attached hydrogen (secondary N) is 1. The van der Waals surface area contributed by atoms with Crippen molar-refractivity contribution in [1.29, 1.82) is 0 Å². The van der Waals surface area contributed by atoms with Crippen LogP contribution in [0.4, 0.5) is 0 Å². The second kappa shape index (κ2) is 3.77. The molecule has 0 aliphatic carbocycles. The summed E-state index contributed by atoms with van der Waals surface area (Å²) in [6.45, 7) is 3.74. The Morgan fingerprint density at radius 1 is 1.39 bits per heavy atom. The Kier molecular flexibility index (Phi) is 2.23. The van der Waals surface area contributed by atoms with Gasteiger partial charge in [0, 0.05) is 5.39 Å². The molecule has 3 rings (SSSR count). The van der Waals surface area contributed by atoms with Gasteiger partial charge in [0.1, 0.15) is 11.5 Å². The van der Waals surface area contributed by atoms with Crippen LogP contribution in [0.5, 0.6) is 11.5 Å². The average molecular weight is 240 g/mol. The van der Waals surface area contributed by atoms with E-state index >= 15 is 0 Å². The number of hydrogen-bond donors (Lipinski definition) is 2. The van der Waals surface area contributed by atoms with Gasteiger partial charge >= 0.3 is 0 Å². The zero-order valence-corrected chi connectivity index (χ0v) is 9.90. The maximum atomic E-state index is 9.88. The van der Waals surface area contributed by atoms with Gasteiger partial charge < -0.3 is 14.8 Å². The number of fused-ring (bicyclic) bond motifs is 3. The second-order valence-electron chi connectivity index (χ2n) is 3.99. The maximum Gasteiger partial charge on any atom is 0.147 e. The molecule has 2 heterocycles. The topological polar surface area (TPSA) is 58.1 Å². The van der Waals surface area contributed by atoms with Gasteiger partial charge in [-0.2, -0.15) is 0 Å². The van der Waals surface area contributed by atoms with Crippen molar-refractivity contribution in [3.05, 3.63) is 36.7 Å². The van der Waals surface area contributed by atoms with Crippen molar-refractivity contribution < 1.29 is 9.84 Å². The molecule has 4 heteroatoms. The SMILES string of the molecule is C=Cc1ncc(OC)c2c1[nH]c1c(O)cccc12. The first-order valence-electron chi connectivity index (χ1n) is 5.55. The maximum absolute atomic E-state index is 9.88. The van der Waals surface area contributed by atoms with E-state index in [1.54, 1.807) is 31.5 Å². The number of pyridine rings is 1. The molecule has 0 bridgehead atoms. The number of methoxy groups -OCH3 is 1. The lowest BCUT2D eigenvalue weighted by Crippen LogP contribution is -1.88. The first-order valence-corrected chi connectivity index (χ1v) is 5.55. The largest absolute Gasteiger partial charge is 0.506 e. The number of phenolic OH excluding ortho intramolecular Hbond substituents is 1. The summed E-state index contributed by atoms with van der Waals surface area (Å²) in [5.74, 6) is 0.883. The van der Waals surface area contributed by atoms with E-state index in [1.807, 2.05) is 6.07 Å². The fraction of sp³-hybridized carbons (Fsp3) is 0.0714. The highest BCUT2D eigenvalue weighted by atomic mass is 16.5. The molecule has 0 fully saturated rings. The van der Waals surface area contributed by atoms with Crippen LogP contribution in [0.2, 0.25) is 0 Å². The van der Waals surface area contributed by atoms with Gasteiger partial charge in [-0.1, -0.05) is 18.7 Å². The summed E-state index contributed by atoms with van der Waals surface area (Å²) >= 11 is 0. The van der Waals surface area contributed by atoms with E-state index < -0.39 is 0 Å². The molecule has 1 aromatic carbocycles. The summed E-state index contributed by atoms with van der Waals surface area (Å²) in [5.41, 5.74) is 2.24. The molecule has 2 aromatic heterocycles. The number of aromatic hydroxyl groups is 1. The van der Waals surface area contributed by atoms with Gasteiger partial charge in [0.25, 0.3) is 0 Å². The molecule has 0 unspecified atom stereocenters. The number of ether oxygens (including phenoxy) is 1. The number of phenols is 1. The van der Waals surface area contributed by atoms with Crippen LogP contribution in [0.3, 0.4) is 0 Å². The van der Waals surface area contributed by atoms with E-state index in [0.717, 1.165) is 22.0 Å². The molecule has 0 saturated heterocycles. The molecule has 0 spiro atoms. The van der Waals surface area contributed by atoms with E-state index in [4.69, 9.17) is 4.74 Å². The molecule has 18 heavy (non-hydrogen) atoms. The first kappa shape index (κ1) is 10.7. The highest BCUT2D eigenvalue weighted by Gasteiger charge is 2.14. The Morgan fingerprint density at radius 2 is 2.22 bits per heavy atom. The zero-order chi connectivity index (χ0) is 12.7. The minimum Gasteiger partial charge on any atom is -0.506 e. The number of para-hydroxylation sites is 1. The summed E-state index contributed by atoms with van der Waals surface area (Å²) in [6, 6.07) is 5.38. The molecule has 0 aliphatic rings.